The summed E-state index contributed by atoms with van der Waals surface area (Å²) in [5, 5.41) is 1.17. The summed E-state index contributed by atoms with van der Waals surface area (Å²) in [6.45, 7) is 4.31. The third-order valence-electron chi connectivity index (χ3n) is 2.61. The second kappa shape index (κ2) is 5.26. The fraction of sp³-hybridized carbons (Fsp3) is 0.357. The molecule has 84 valence electrons. The van der Waals surface area contributed by atoms with Crippen LogP contribution in [0.3, 0.4) is 0 Å². The van der Waals surface area contributed by atoms with E-state index in [1.165, 1.54) is 34.0 Å². The minimum atomic E-state index is 1.10. The van der Waals surface area contributed by atoms with Crippen LogP contribution in [0, 0.1) is 6.92 Å². The molecule has 0 aliphatic rings. The largest absolute Gasteiger partial charge is 0.246 e. The highest BCUT2D eigenvalue weighted by molar-refractivity contribution is 7.15. The van der Waals surface area contributed by atoms with Crippen molar-refractivity contribution in [2.45, 2.75) is 33.1 Å². The zero-order valence-electron chi connectivity index (χ0n) is 9.86. The molecule has 0 saturated carbocycles. The minimum absolute atomic E-state index is 1.10. The number of thiazole rings is 1. The van der Waals surface area contributed by atoms with E-state index < -0.39 is 0 Å². The van der Waals surface area contributed by atoms with Crippen molar-refractivity contribution in [3.05, 3.63) is 41.0 Å². The van der Waals surface area contributed by atoms with E-state index in [0.29, 0.717) is 0 Å². The molecule has 0 bridgehead atoms. The molecule has 1 nitrogen and oxygen atoms in total. The summed E-state index contributed by atoms with van der Waals surface area (Å²) in [5.74, 6) is 0. The Hall–Kier alpha value is -1.15. The molecule has 2 aromatic rings. The summed E-state index contributed by atoms with van der Waals surface area (Å²) in [5.41, 5.74) is 2.58. The smallest absolute Gasteiger partial charge is 0.0903 e. The van der Waals surface area contributed by atoms with Gasteiger partial charge < -0.3 is 0 Å². The van der Waals surface area contributed by atoms with Crippen molar-refractivity contribution in [1.82, 2.24) is 4.98 Å². The maximum Gasteiger partial charge on any atom is 0.0903 e. The Morgan fingerprint density at radius 3 is 2.62 bits per heavy atom. The van der Waals surface area contributed by atoms with Gasteiger partial charge in [-0.15, -0.1) is 11.3 Å². The van der Waals surface area contributed by atoms with Gasteiger partial charge in [0.1, 0.15) is 0 Å². The lowest BCUT2D eigenvalue weighted by molar-refractivity contribution is 0.780. The van der Waals surface area contributed by atoms with Crippen LogP contribution in [-0.2, 0) is 6.42 Å². The molecule has 0 unspecified atom stereocenters. The number of aromatic nitrogens is 1. The minimum Gasteiger partial charge on any atom is -0.246 e. The molecule has 0 aliphatic carbocycles. The van der Waals surface area contributed by atoms with Crippen LogP contribution in [0.1, 0.15) is 30.5 Å². The van der Waals surface area contributed by atoms with Crippen LogP contribution in [0.4, 0.5) is 0 Å². The molecule has 2 rings (SSSR count). The van der Waals surface area contributed by atoms with Crippen molar-refractivity contribution < 1.29 is 0 Å². The first-order chi connectivity index (χ1) is 7.81. The first kappa shape index (κ1) is 11.3. The van der Waals surface area contributed by atoms with Crippen molar-refractivity contribution in [3.8, 4) is 10.4 Å². The quantitative estimate of drug-likeness (QED) is 0.757. The normalized spacial score (nSPS) is 10.6. The second-order valence-electron chi connectivity index (χ2n) is 3.98. The Morgan fingerprint density at radius 1 is 1.19 bits per heavy atom. The Bertz CT molecular complexity index is 445. The molecule has 0 spiro atoms. The summed E-state index contributed by atoms with van der Waals surface area (Å²) < 4.78 is 0. The van der Waals surface area contributed by atoms with E-state index in [9.17, 15) is 0 Å². The standard InChI is InChI=1S/C14H17NS/c1-3-4-10-13-14(16-11(2)15-13)12-8-6-5-7-9-12/h5-9H,3-4,10H2,1-2H3. The molecule has 1 aromatic heterocycles. The van der Waals surface area contributed by atoms with Crippen molar-refractivity contribution >= 4 is 11.3 Å². The van der Waals surface area contributed by atoms with Crippen LogP contribution in [0.5, 0.6) is 0 Å². The zero-order valence-corrected chi connectivity index (χ0v) is 10.7. The molecule has 0 saturated heterocycles. The number of unbranched alkanes of at least 4 members (excludes halogenated alkanes) is 1. The number of hydrogen-bond acceptors (Lipinski definition) is 2. The second-order valence-corrected chi connectivity index (χ2v) is 5.18. The van der Waals surface area contributed by atoms with Crippen LogP contribution in [0.15, 0.2) is 30.3 Å². The highest BCUT2D eigenvalue weighted by atomic mass is 32.1. The lowest BCUT2D eigenvalue weighted by Gasteiger charge is -2.01. The molecular weight excluding hydrogens is 214 g/mol. The number of benzene rings is 1. The number of aryl methyl sites for hydroxylation is 2. The van der Waals surface area contributed by atoms with Crippen molar-refractivity contribution in [1.29, 1.82) is 0 Å². The third kappa shape index (κ3) is 2.50. The molecule has 0 aliphatic heterocycles. The molecule has 16 heavy (non-hydrogen) atoms. The van der Waals surface area contributed by atoms with Gasteiger partial charge in [0.25, 0.3) is 0 Å². The topological polar surface area (TPSA) is 12.9 Å². The lowest BCUT2D eigenvalue weighted by atomic mass is 10.1. The van der Waals surface area contributed by atoms with Crippen LogP contribution >= 0.6 is 11.3 Å². The summed E-state index contributed by atoms with van der Waals surface area (Å²) in [4.78, 5) is 6.00. The highest BCUT2D eigenvalue weighted by Crippen LogP contribution is 2.30. The van der Waals surface area contributed by atoms with Gasteiger partial charge in [0.15, 0.2) is 0 Å². The average Bonchev–Trinajstić information content (AvgIpc) is 2.69. The van der Waals surface area contributed by atoms with E-state index in [1.54, 1.807) is 11.3 Å². The van der Waals surface area contributed by atoms with Gasteiger partial charge in [0.05, 0.1) is 15.6 Å². The summed E-state index contributed by atoms with van der Waals surface area (Å²) >= 11 is 1.81. The molecule has 0 amide bonds. The highest BCUT2D eigenvalue weighted by Gasteiger charge is 2.09. The van der Waals surface area contributed by atoms with E-state index in [0.717, 1.165) is 6.42 Å². The van der Waals surface area contributed by atoms with E-state index in [-0.39, 0.29) is 0 Å². The maximum atomic E-state index is 4.64. The third-order valence-corrected chi connectivity index (χ3v) is 3.67. The van der Waals surface area contributed by atoms with E-state index in [4.69, 9.17) is 0 Å². The van der Waals surface area contributed by atoms with Gasteiger partial charge in [-0.25, -0.2) is 4.98 Å². The van der Waals surface area contributed by atoms with Gasteiger partial charge in [0, 0.05) is 0 Å². The fourth-order valence-corrected chi connectivity index (χ4v) is 2.77. The van der Waals surface area contributed by atoms with Gasteiger partial charge >= 0.3 is 0 Å². The maximum absolute atomic E-state index is 4.64. The summed E-state index contributed by atoms with van der Waals surface area (Å²) in [7, 11) is 0. The van der Waals surface area contributed by atoms with Gasteiger partial charge in [-0.2, -0.15) is 0 Å². The van der Waals surface area contributed by atoms with Gasteiger partial charge in [0.2, 0.25) is 0 Å². The van der Waals surface area contributed by atoms with Gasteiger partial charge in [-0.1, -0.05) is 43.7 Å². The van der Waals surface area contributed by atoms with Crippen LogP contribution in [0.2, 0.25) is 0 Å². The Balaban J connectivity index is 2.33. The zero-order chi connectivity index (χ0) is 11.4. The Kier molecular flexibility index (Phi) is 3.73. The van der Waals surface area contributed by atoms with Gasteiger partial charge in [-0.05, 0) is 25.3 Å². The fourth-order valence-electron chi connectivity index (χ4n) is 1.80. The number of nitrogens with zero attached hydrogens (tertiary/aromatic N) is 1. The number of hydrogen-bond donors (Lipinski definition) is 0. The number of rotatable bonds is 4. The van der Waals surface area contributed by atoms with E-state index >= 15 is 0 Å². The SMILES string of the molecule is CCCCc1nc(C)sc1-c1ccccc1. The predicted molar refractivity (Wildman–Crippen MR) is 70.9 cm³/mol. The van der Waals surface area contributed by atoms with Crippen molar-refractivity contribution in [3.63, 3.8) is 0 Å². The van der Waals surface area contributed by atoms with Crippen LogP contribution in [-0.4, -0.2) is 4.98 Å². The monoisotopic (exact) mass is 231 g/mol. The molecule has 0 fully saturated rings. The molecule has 1 heterocycles. The predicted octanol–water partition coefficient (Wildman–Crippen LogP) is 4.46. The summed E-state index contributed by atoms with van der Waals surface area (Å²) in [6, 6.07) is 10.6. The molecule has 0 radical (unpaired) electrons. The first-order valence-electron chi connectivity index (χ1n) is 5.83. The van der Waals surface area contributed by atoms with E-state index in [1.807, 2.05) is 0 Å². The van der Waals surface area contributed by atoms with Crippen LogP contribution in [0.25, 0.3) is 10.4 Å². The van der Waals surface area contributed by atoms with Crippen LogP contribution < -0.4 is 0 Å². The lowest BCUT2D eigenvalue weighted by Crippen LogP contribution is -1.88. The van der Waals surface area contributed by atoms with E-state index in [2.05, 4.69) is 49.2 Å². The Morgan fingerprint density at radius 2 is 1.94 bits per heavy atom. The average molecular weight is 231 g/mol. The molecule has 0 N–H and O–H groups in total. The Labute approximate surface area is 101 Å². The van der Waals surface area contributed by atoms with Gasteiger partial charge in [-0.3, -0.25) is 0 Å². The van der Waals surface area contributed by atoms with Crippen molar-refractivity contribution in [2.75, 3.05) is 0 Å². The summed E-state index contributed by atoms with van der Waals surface area (Å²) in [6.07, 6.45) is 3.55. The molecule has 0 atom stereocenters. The van der Waals surface area contributed by atoms with Crippen molar-refractivity contribution in [2.24, 2.45) is 0 Å². The molecule has 1 aromatic carbocycles. The molecule has 2 heteroatoms. The molecular formula is C14H17NS. The first-order valence-corrected chi connectivity index (χ1v) is 6.64.